The van der Waals surface area contributed by atoms with Gasteiger partial charge in [-0.15, -0.1) is 0 Å². The van der Waals surface area contributed by atoms with Gasteiger partial charge in [-0.1, -0.05) is 0 Å². The number of H-pyrrole nitrogens is 1. The number of pyridine rings is 1. The Balaban J connectivity index is 1.99. The number of halogens is 1. The predicted molar refractivity (Wildman–Crippen MR) is 71.1 cm³/mol. The van der Waals surface area contributed by atoms with Crippen LogP contribution in [0.2, 0.25) is 0 Å². The van der Waals surface area contributed by atoms with Gasteiger partial charge in [0.05, 0.1) is 17.4 Å². The van der Waals surface area contributed by atoms with Crippen molar-refractivity contribution in [3.8, 4) is 0 Å². The molecular formula is C12H9FN4O2S. The number of hydrogen-bond donors (Lipinski definition) is 2. The number of nitrogens with one attached hydrogen (secondary N) is 2. The third-order valence-corrected chi connectivity index (χ3v) is 3.99. The SMILES string of the molecule is O=S(=O)(Nc1ccc2cn[nH]c2c1)c1ncccc1F. The summed E-state index contributed by atoms with van der Waals surface area (Å²) in [6.07, 6.45) is 2.84. The molecule has 0 amide bonds. The summed E-state index contributed by atoms with van der Waals surface area (Å²) in [7, 11) is -4.07. The molecule has 1 aromatic carbocycles. The molecule has 3 aromatic rings. The number of benzene rings is 1. The molecule has 0 aliphatic rings. The van der Waals surface area contributed by atoms with Crippen molar-refractivity contribution in [2.24, 2.45) is 0 Å². The molecule has 0 atom stereocenters. The molecule has 0 fully saturated rings. The Morgan fingerprint density at radius 1 is 1.25 bits per heavy atom. The van der Waals surface area contributed by atoms with Crippen LogP contribution in [-0.4, -0.2) is 23.6 Å². The molecule has 102 valence electrons. The molecule has 3 rings (SSSR count). The second-order valence-corrected chi connectivity index (χ2v) is 5.67. The Hall–Kier alpha value is -2.48. The fourth-order valence-corrected chi connectivity index (χ4v) is 2.83. The molecule has 0 aliphatic heterocycles. The van der Waals surface area contributed by atoms with Gasteiger partial charge in [-0.25, -0.2) is 9.37 Å². The summed E-state index contributed by atoms with van der Waals surface area (Å²) in [6, 6.07) is 7.20. The van der Waals surface area contributed by atoms with Gasteiger partial charge in [-0.05, 0) is 30.3 Å². The number of fused-ring (bicyclic) bond motifs is 1. The molecule has 0 unspecified atom stereocenters. The molecule has 2 heterocycles. The van der Waals surface area contributed by atoms with Crippen LogP contribution in [0, 0.1) is 5.82 Å². The van der Waals surface area contributed by atoms with E-state index in [1.807, 2.05) is 0 Å². The van der Waals surface area contributed by atoms with Crippen LogP contribution in [0.4, 0.5) is 10.1 Å². The van der Waals surface area contributed by atoms with Crippen molar-refractivity contribution in [1.82, 2.24) is 15.2 Å². The van der Waals surface area contributed by atoms with Crippen molar-refractivity contribution in [3.05, 3.63) is 48.5 Å². The van der Waals surface area contributed by atoms with Crippen LogP contribution >= 0.6 is 0 Å². The van der Waals surface area contributed by atoms with Gasteiger partial charge in [-0.2, -0.15) is 13.5 Å². The standard InChI is InChI=1S/C12H9FN4O2S/c13-10-2-1-5-14-12(10)20(18,19)17-9-4-3-8-7-15-16-11(8)6-9/h1-7,17H,(H,15,16). The first kappa shape index (κ1) is 12.5. The maximum atomic E-state index is 13.5. The molecule has 8 heteroatoms. The summed E-state index contributed by atoms with van der Waals surface area (Å²) in [5.41, 5.74) is 0.971. The second kappa shape index (κ2) is 4.57. The molecule has 0 bridgehead atoms. The van der Waals surface area contributed by atoms with Crippen LogP contribution in [0.25, 0.3) is 10.9 Å². The van der Waals surface area contributed by atoms with Crippen LogP contribution < -0.4 is 4.72 Å². The van der Waals surface area contributed by atoms with Crippen molar-refractivity contribution < 1.29 is 12.8 Å². The van der Waals surface area contributed by atoms with E-state index in [0.29, 0.717) is 11.2 Å². The lowest BCUT2D eigenvalue weighted by Crippen LogP contribution is -2.16. The first-order chi connectivity index (χ1) is 9.56. The van der Waals surface area contributed by atoms with E-state index in [1.165, 1.54) is 12.3 Å². The second-order valence-electron chi connectivity index (χ2n) is 4.07. The zero-order valence-electron chi connectivity index (χ0n) is 10.0. The average molecular weight is 292 g/mol. The molecular weight excluding hydrogens is 283 g/mol. The van der Waals surface area contributed by atoms with Crippen molar-refractivity contribution in [2.75, 3.05) is 4.72 Å². The minimum Gasteiger partial charge on any atom is -0.278 e. The quantitative estimate of drug-likeness (QED) is 0.771. The highest BCUT2D eigenvalue weighted by atomic mass is 32.2. The lowest BCUT2D eigenvalue weighted by molar-refractivity contribution is 0.557. The normalized spacial score (nSPS) is 11.7. The number of sulfonamides is 1. The molecule has 0 aliphatic carbocycles. The highest BCUT2D eigenvalue weighted by Gasteiger charge is 2.20. The van der Waals surface area contributed by atoms with E-state index in [4.69, 9.17) is 0 Å². The Labute approximate surface area is 113 Å². The number of nitrogens with zero attached hydrogens (tertiary/aromatic N) is 2. The maximum absolute atomic E-state index is 13.5. The van der Waals surface area contributed by atoms with Crippen LogP contribution in [0.15, 0.2) is 47.8 Å². The van der Waals surface area contributed by atoms with Crippen molar-refractivity contribution in [2.45, 2.75) is 5.03 Å². The van der Waals surface area contributed by atoms with Gasteiger partial charge in [0.1, 0.15) is 0 Å². The Bertz CT molecular complexity index is 876. The first-order valence-corrected chi connectivity index (χ1v) is 7.11. The maximum Gasteiger partial charge on any atom is 0.282 e. The monoisotopic (exact) mass is 292 g/mol. The van der Waals surface area contributed by atoms with E-state index in [1.54, 1.807) is 24.4 Å². The Morgan fingerprint density at radius 2 is 2.10 bits per heavy atom. The van der Waals surface area contributed by atoms with Crippen LogP contribution in [0.1, 0.15) is 0 Å². The summed E-state index contributed by atoms with van der Waals surface area (Å²) in [6.45, 7) is 0. The van der Waals surface area contributed by atoms with E-state index < -0.39 is 20.9 Å². The van der Waals surface area contributed by atoms with E-state index in [0.717, 1.165) is 11.5 Å². The van der Waals surface area contributed by atoms with Gasteiger partial charge in [0.15, 0.2) is 5.82 Å². The van der Waals surface area contributed by atoms with E-state index in [9.17, 15) is 12.8 Å². The lowest BCUT2D eigenvalue weighted by Gasteiger charge is -2.07. The third-order valence-electron chi connectivity index (χ3n) is 2.67. The fraction of sp³-hybridized carbons (Fsp3) is 0. The Morgan fingerprint density at radius 3 is 2.90 bits per heavy atom. The molecule has 0 radical (unpaired) electrons. The summed E-state index contributed by atoms with van der Waals surface area (Å²) in [4.78, 5) is 3.55. The molecule has 2 N–H and O–H groups in total. The van der Waals surface area contributed by atoms with Gasteiger partial charge in [0.25, 0.3) is 10.0 Å². The smallest absolute Gasteiger partial charge is 0.278 e. The van der Waals surface area contributed by atoms with Crippen LogP contribution in [0.5, 0.6) is 0 Å². The minimum absolute atomic E-state index is 0.298. The average Bonchev–Trinajstić information content (AvgIpc) is 2.86. The predicted octanol–water partition coefficient (Wildman–Crippen LogP) is 1.90. The minimum atomic E-state index is -4.07. The number of anilines is 1. The lowest BCUT2D eigenvalue weighted by atomic mass is 10.2. The zero-order chi connectivity index (χ0) is 14.2. The van der Waals surface area contributed by atoms with Crippen LogP contribution in [-0.2, 0) is 10.0 Å². The van der Waals surface area contributed by atoms with Crippen molar-refractivity contribution in [1.29, 1.82) is 0 Å². The summed E-state index contributed by atoms with van der Waals surface area (Å²) < 4.78 is 39.9. The molecule has 2 aromatic heterocycles. The fourth-order valence-electron chi connectivity index (χ4n) is 1.77. The van der Waals surface area contributed by atoms with Gasteiger partial charge in [0, 0.05) is 11.6 Å². The molecule has 0 saturated heterocycles. The molecule has 0 spiro atoms. The summed E-state index contributed by atoms with van der Waals surface area (Å²) in [5.74, 6) is -0.900. The van der Waals surface area contributed by atoms with E-state index in [-0.39, 0.29) is 0 Å². The molecule has 20 heavy (non-hydrogen) atoms. The summed E-state index contributed by atoms with van der Waals surface area (Å²) in [5, 5.41) is 6.77. The Kier molecular flexibility index (Phi) is 2.87. The van der Waals surface area contributed by atoms with E-state index in [2.05, 4.69) is 19.9 Å². The van der Waals surface area contributed by atoms with Gasteiger partial charge in [-0.3, -0.25) is 9.82 Å². The number of aromatic amines is 1. The van der Waals surface area contributed by atoms with Crippen molar-refractivity contribution in [3.63, 3.8) is 0 Å². The molecule has 0 saturated carbocycles. The van der Waals surface area contributed by atoms with Crippen LogP contribution in [0.3, 0.4) is 0 Å². The topological polar surface area (TPSA) is 87.7 Å². The highest BCUT2D eigenvalue weighted by molar-refractivity contribution is 7.92. The largest absolute Gasteiger partial charge is 0.282 e. The van der Waals surface area contributed by atoms with Gasteiger partial charge < -0.3 is 0 Å². The van der Waals surface area contributed by atoms with Crippen molar-refractivity contribution >= 4 is 26.6 Å². The molecule has 6 nitrogen and oxygen atoms in total. The number of aromatic nitrogens is 3. The van der Waals surface area contributed by atoms with E-state index >= 15 is 0 Å². The number of rotatable bonds is 3. The van der Waals surface area contributed by atoms with Gasteiger partial charge >= 0.3 is 0 Å². The highest BCUT2D eigenvalue weighted by Crippen LogP contribution is 2.20. The van der Waals surface area contributed by atoms with Gasteiger partial charge in [0.2, 0.25) is 5.03 Å². The zero-order valence-corrected chi connectivity index (χ0v) is 10.9. The number of hydrogen-bond acceptors (Lipinski definition) is 4. The summed E-state index contributed by atoms with van der Waals surface area (Å²) >= 11 is 0. The first-order valence-electron chi connectivity index (χ1n) is 5.63. The third kappa shape index (κ3) is 2.21.